The molecular formula is C12H25NO3. The van der Waals surface area contributed by atoms with Crippen LogP contribution < -0.4 is 5.32 Å². The van der Waals surface area contributed by atoms with Crippen LogP contribution in [-0.4, -0.2) is 36.9 Å². The van der Waals surface area contributed by atoms with E-state index in [1.807, 2.05) is 20.8 Å². The van der Waals surface area contributed by atoms with E-state index in [-0.39, 0.29) is 24.0 Å². The van der Waals surface area contributed by atoms with Crippen molar-refractivity contribution in [2.75, 3.05) is 19.8 Å². The zero-order valence-corrected chi connectivity index (χ0v) is 10.9. The quantitative estimate of drug-likeness (QED) is 0.620. The van der Waals surface area contributed by atoms with Crippen molar-refractivity contribution in [1.82, 2.24) is 5.32 Å². The maximum Gasteiger partial charge on any atom is 0.246 e. The van der Waals surface area contributed by atoms with Gasteiger partial charge in [-0.15, -0.1) is 0 Å². The molecule has 4 nitrogen and oxygen atoms in total. The normalized spacial score (nSPS) is 13.6. The third-order valence-corrected chi connectivity index (χ3v) is 2.19. The van der Waals surface area contributed by atoms with Crippen molar-refractivity contribution >= 4 is 5.91 Å². The number of aliphatic hydroxyl groups is 1. The highest BCUT2D eigenvalue weighted by Gasteiger charge is 2.20. The standard InChI is InChI=1S/C12H25NO3/c1-5-6-16-8-11(15)13-9-12(3,4)7-10(2)14/h10,14H,5-9H2,1-4H3,(H,13,15). The Morgan fingerprint density at radius 3 is 2.62 bits per heavy atom. The Morgan fingerprint density at radius 1 is 1.50 bits per heavy atom. The molecular weight excluding hydrogens is 206 g/mol. The summed E-state index contributed by atoms with van der Waals surface area (Å²) < 4.78 is 5.13. The van der Waals surface area contributed by atoms with Gasteiger partial charge in [0.05, 0.1) is 6.10 Å². The molecule has 0 saturated carbocycles. The van der Waals surface area contributed by atoms with Crippen molar-refractivity contribution in [2.45, 2.75) is 46.6 Å². The van der Waals surface area contributed by atoms with E-state index in [1.165, 1.54) is 0 Å². The lowest BCUT2D eigenvalue weighted by Crippen LogP contribution is -2.37. The summed E-state index contributed by atoms with van der Waals surface area (Å²) in [4.78, 5) is 11.4. The summed E-state index contributed by atoms with van der Waals surface area (Å²) in [7, 11) is 0. The van der Waals surface area contributed by atoms with E-state index in [4.69, 9.17) is 4.74 Å². The summed E-state index contributed by atoms with van der Waals surface area (Å²) in [6, 6.07) is 0. The van der Waals surface area contributed by atoms with Gasteiger partial charge in [-0.05, 0) is 25.2 Å². The van der Waals surface area contributed by atoms with Crippen LogP contribution in [-0.2, 0) is 9.53 Å². The number of aliphatic hydroxyl groups excluding tert-OH is 1. The van der Waals surface area contributed by atoms with Crippen LogP contribution in [0.15, 0.2) is 0 Å². The highest BCUT2D eigenvalue weighted by atomic mass is 16.5. The Kier molecular flexibility index (Phi) is 7.34. The lowest BCUT2D eigenvalue weighted by molar-refractivity contribution is -0.126. The molecule has 0 radical (unpaired) electrons. The molecule has 0 bridgehead atoms. The first-order chi connectivity index (χ1) is 7.37. The average molecular weight is 231 g/mol. The molecule has 2 N–H and O–H groups in total. The summed E-state index contributed by atoms with van der Waals surface area (Å²) in [5, 5.41) is 12.1. The van der Waals surface area contributed by atoms with Crippen LogP contribution in [0, 0.1) is 5.41 Å². The summed E-state index contributed by atoms with van der Waals surface area (Å²) in [6.07, 6.45) is 1.24. The van der Waals surface area contributed by atoms with Gasteiger partial charge in [0, 0.05) is 13.2 Å². The van der Waals surface area contributed by atoms with E-state index < -0.39 is 0 Å². The first-order valence-corrected chi connectivity index (χ1v) is 5.90. The van der Waals surface area contributed by atoms with Crippen molar-refractivity contribution in [1.29, 1.82) is 0 Å². The molecule has 4 heteroatoms. The van der Waals surface area contributed by atoms with Crippen molar-refractivity contribution in [2.24, 2.45) is 5.41 Å². The lowest BCUT2D eigenvalue weighted by Gasteiger charge is -2.26. The summed E-state index contributed by atoms with van der Waals surface area (Å²) >= 11 is 0. The van der Waals surface area contributed by atoms with E-state index in [9.17, 15) is 9.90 Å². The maximum absolute atomic E-state index is 11.4. The minimum atomic E-state index is -0.344. The van der Waals surface area contributed by atoms with Gasteiger partial charge in [-0.1, -0.05) is 20.8 Å². The number of rotatable bonds is 8. The van der Waals surface area contributed by atoms with Crippen LogP contribution in [0.2, 0.25) is 0 Å². The van der Waals surface area contributed by atoms with Crippen molar-refractivity contribution in [3.63, 3.8) is 0 Å². The molecule has 0 saturated heterocycles. The third kappa shape index (κ3) is 8.68. The number of amides is 1. The molecule has 0 fully saturated rings. The molecule has 0 aromatic heterocycles. The molecule has 1 amide bonds. The molecule has 0 aliphatic carbocycles. The second-order valence-electron chi connectivity index (χ2n) is 5.05. The second kappa shape index (κ2) is 7.63. The van der Waals surface area contributed by atoms with E-state index in [0.29, 0.717) is 19.6 Å². The van der Waals surface area contributed by atoms with Crippen LogP contribution in [0.25, 0.3) is 0 Å². The Labute approximate surface area is 98.4 Å². The van der Waals surface area contributed by atoms with E-state index >= 15 is 0 Å². The number of ether oxygens (including phenoxy) is 1. The van der Waals surface area contributed by atoms with Crippen LogP contribution in [0.1, 0.15) is 40.5 Å². The Balaban J connectivity index is 3.72. The minimum Gasteiger partial charge on any atom is -0.393 e. The van der Waals surface area contributed by atoms with E-state index in [0.717, 1.165) is 6.42 Å². The zero-order chi connectivity index (χ0) is 12.6. The lowest BCUT2D eigenvalue weighted by atomic mass is 9.87. The molecule has 0 aromatic rings. The fourth-order valence-corrected chi connectivity index (χ4v) is 1.57. The second-order valence-corrected chi connectivity index (χ2v) is 5.05. The number of hydrogen-bond donors (Lipinski definition) is 2. The smallest absolute Gasteiger partial charge is 0.246 e. The molecule has 0 aromatic carbocycles. The molecule has 0 rings (SSSR count). The monoisotopic (exact) mass is 231 g/mol. The largest absolute Gasteiger partial charge is 0.393 e. The molecule has 0 spiro atoms. The molecule has 1 unspecified atom stereocenters. The van der Waals surface area contributed by atoms with Gasteiger partial charge in [0.15, 0.2) is 0 Å². The molecule has 1 atom stereocenters. The summed E-state index contributed by atoms with van der Waals surface area (Å²) in [6.45, 7) is 9.10. The van der Waals surface area contributed by atoms with Crippen molar-refractivity contribution in [3.8, 4) is 0 Å². The third-order valence-electron chi connectivity index (χ3n) is 2.19. The maximum atomic E-state index is 11.4. The first-order valence-electron chi connectivity index (χ1n) is 5.90. The molecule has 0 aliphatic heterocycles. The number of carbonyl (C=O) groups is 1. The first kappa shape index (κ1) is 15.4. The van der Waals surface area contributed by atoms with Gasteiger partial charge in [-0.2, -0.15) is 0 Å². The van der Waals surface area contributed by atoms with Crippen molar-refractivity contribution < 1.29 is 14.6 Å². The summed E-state index contributed by atoms with van der Waals surface area (Å²) in [5.74, 6) is -0.0906. The highest BCUT2D eigenvalue weighted by Crippen LogP contribution is 2.20. The van der Waals surface area contributed by atoms with Crippen LogP contribution in [0.4, 0.5) is 0 Å². The van der Waals surface area contributed by atoms with Gasteiger partial charge < -0.3 is 15.2 Å². The van der Waals surface area contributed by atoms with Gasteiger partial charge in [-0.3, -0.25) is 4.79 Å². The minimum absolute atomic E-state index is 0.0887. The van der Waals surface area contributed by atoms with Gasteiger partial charge in [0.2, 0.25) is 5.91 Å². The van der Waals surface area contributed by atoms with Gasteiger partial charge >= 0.3 is 0 Å². The average Bonchev–Trinajstić information content (AvgIpc) is 2.13. The van der Waals surface area contributed by atoms with Gasteiger partial charge in [0.1, 0.15) is 6.61 Å². The Hall–Kier alpha value is -0.610. The van der Waals surface area contributed by atoms with E-state index in [1.54, 1.807) is 6.92 Å². The Morgan fingerprint density at radius 2 is 2.12 bits per heavy atom. The van der Waals surface area contributed by atoms with Crippen molar-refractivity contribution in [3.05, 3.63) is 0 Å². The topological polar surface area (TPSA) is 58.6 Å². The summed E-state index contributed by atoms with van der Waals surface area (Å²) in [5.41, 5.74) is -0.0887. The fourth-order valence-electron chi connectivity index (χ4n) is 1.57. The predicted octanol–water partition coefficient (Wildman–Crippen LogP) is 1.33. The van der Waals surface area contributed by atoms with Gasteiger partial charge in [0.25, 0.3) is 0 Å². The molecule has 0 aliphatic rings. The molecule has 16 heavy (non-hydrogen) atoms. The highest BCUT2D eigenvalue weighted by molar-refractivity contribution is 5.77. The number of nitrogens with one attached hydrogen (secondary N) is 1. The fraction of sp³-hybridized carbons (Fsp3) is 0.917. The van der Waals surface area contributed by atoms with Crippen LogP contribution in [0.5, 0.6) is 0 Å². The number of carbonyl (C=O) groups excluding carboxylic acids is 1. The SMILES string of the molecule is CCCOCC(=O)NCC(C)(C)CC(C)O. The van der Waals surface area contributed by atoms with Gasteiger partial charge in [-0.25, -0.2) is 0 Å². The van der Waals surface area contributed by atoms with E-state index in [2.05, 4.69) is 5.32 Å². The molecule has 0 heterocycles. The predicted molar refractivity (Wildman–Crippen MR) is 64.2 cm³/mol. The molecule has 96 valence electrons. The van der Waals surface area contributed by atoms with Crippen LogP contribution in [0.3, 0.4) is 0 Å². The van der Waals surface area contributed by atoms with Crippen LogP contribution >= 0.6 is 0 Å². The number of hydrogen-bond acceptors (Lipinski definition) is 3. The Bertz CT molecular complexity index is 202. The zero-order valence-electron chi connectivity index (χ0n) is 10.9.